The minimum atomic E-state index is -0.671. The average Bonchev–Trinajstić information content (AvgIpc) is 2.78. The number of carboxylic acids is 1. The Balaban J connectivity index is 2.04. The van der Waals surface area contributed by atoms with Crippen LogP contribution in [0.4, 0.5) is 0 Å². The number of carboxylic acid groups (broad SMARTS) is 1. The molecule has 2 rings (SSSR count). The van der Waals surface area contributed by atoms with E-state index in [9.17, 15) is 4.79 Å². The molecule has 0 aromatic heterocycles. The largest absolute Gasteiger partial charge is 0.481 e. The van der Waals surface area contributed by atoms with Gasteiger partial charge in [-0.3, -0.25) is 9.69 Å². The van der Waals surface area contributed by atoms with Gasteiger partial charge < -0.3 is 5.11 Å². The van der Waals surface area contributed by atoms with Crippen molar-refractivity contribution in [1.29, 1.82) is 0 Å². The number of rotatable bonds is 3. The van der Waals surface area contributed by atoms with Crippen LogP contribution in [-0.4, -0.2) is 29.1 Å². The maximum atomic E-state index is 10.9. The monoisotopic (exact) mass is 297 g/mol. The molecule has 1 aromatic carbocycles. The molecule has 1 fully saturated rings. The standard InChI is InChI=1S/C13H16BrNO2/c1-9(10-2-4-12(14)5-3-10)15-7-6-11(8-15)13(16)17/h2-5,9,11H,6-8H2,1H3,(H,16,17)/t9-,11-/m0/s1. The van der Waals surface area contributed by atoms with Crippen molar-refractivity contribution in [2.75, 3.05) is 13.1 Å². The van der Waals surface area contributed by atoms with Gasteiger partial charge in [-0.05, 0) is 37.6 Å². The van der Waals surface area contributed by atoms with Crippen molar-refractivity contribution in [2.24, 2.45) is 5.92 Å². The molecule has 4 heteroatoms. The summed E-state index contributed by atoms with van der Waals surface area (Å²) in [6.07, 6.45) is 0.760. The zero-order chi connectivity index (χ0) is 12.4. The quantitative estimate of drug-likeness (QED) is 0.932. The van der Waals surface area contributed by atoms with Crippen molar-refractivity contribution < 1.29 is 9.90 Å². The fraction of sp³-hybridized carbons (Fsp3) is 0.462. The van der Waals surface area contributed by atoms with Crippen molar-refractivity contribution in [3.05, 3.63) is 34.3 Å². The number of aliphatic carboxylic acids is 1. The van der Waals surface area contributed by atoms with E-state index < -0.39 is 5.97 Å². The summed E-state index contributed by atoms with van der Waals surface area (Å²) in [4.78, 5) is 13.2. The van der Waals surface area contributed by atoms with Crippen LogP contribution in [0.3, 0.4) is 0 Å². The Labute approximate surface area is 110 Å². The lowest BCUT2D eigenvalue weighted by Gasteiger charge is -2.24. The van der Waals surface area contributed by atoms with Gasteiger partial charge in [-0.2, -0.15) is 0 Å². The molecular formula is C13H16BrNO2. The summed E-state index contributed by atoms with van der Waals surface area (Å²) >= 11 is 3.42. The second-order valence-corrected chi connectivity index (χ2v) is 5.46. The fourth-order valence-corrected chi connectivity index (χ4v) is 2.56. The molecule has 0 saturated carbocycles. The first-order chi connectivity index (χ1) is 8.08. The molecule has 1 heterocycles. The Morgan fingerprint density at radius 3 is 2.65 bits per heavy atom. The van der Waals surface area contributed by atoms with E-state index in [-0.39, 0.29) is 12.0 Å². The van der Waals surface area contributed by atoms with Gasteiger partial charge in [0.05, 0.1) is 5.92 Å². The van der Waals surface area contributed by atoms with Crippen molar-refractivity contribution in [2.45, 2.75) is 19.4 Å². The number of nitrogens with zero attached hydrogens (tertiary/aromatic N) is 1. The Hall–Kier alpha value is -0.870. The van der Waals surface area contributed by atoms with Crippen molar-refractivity contribution in [1.82, 2.24) is 4.90 Å². The Morgan fingerprint density at radius 2 is 2.12 bits per heavy atom. The first-order valence-corrected chi connectivity index (χ1v) is 6.59. The SMILES string of the molecule is C[C@@H](c1ccc(Br)cc1)N1CC[C@H](C(=O)O)C1. The zero-order valence-electron chi connectivity index (χ0n) is 9.77. The van der Waals surface area contributed by atoms with Crippen LogP contribution in [0.25, 0.3) is 0 Å². The lowest BCUT2D eigenvalue weighted by atomic mass is 10.1. The first kappa shape index (κ1) is 12.6. The Morgan fingerprint density at radius 1 is 1.47 bits per heavy atom. The second kappa shape index (κ2) is 5.19. The minimum Gasteiger partial charge on any atom is -0.481 e. The van der Waals surface area contributed by atoms with E-state index in [1.165, 1.54) is 5.56 Å². The molecule has 92 valence electrons. The van der Waals surface area contributed by atoms with E-state index in [4.69, 9.17) is 5.11 Å². The highest BCUT2D eigenvalue weighted by atomic mass is 79.9. The number of hydrogen-bond donors (Lipinski definition) is 1. The summed E-state index contributed by atoms with van der Waals surface area (Å²) in [6, 6.07) is 8.51. The summed E-state index contributed by atoms with van der Waals surface area (Å²) in [5.41, 5.74) is 1.24. The molecule has 0 spiro atoms. The van der Waals surface area contributed by atoms with Gasteiger partial charge in [-0.1, -0.05) is 28.1 Å². The van der Waals surface area contributed by atoms with Gasteiger partial charge in [0.25, 0.3) is 0 Å². The van der Waals surface area contributed by atoms with Crippen molar-refractivity contribution in [3.8, 4) is 0 Å². The van der Waals surface area contributed by atoms with Crippen molar-refractivity contribution >= 4 is 21.9 Å². The number of hydrogen-bond acceptors (Lipinski definition) is 2. The third-order valence-electron chi connectivity index (χ3n) is 3.47. The summed E-state index contributed by atoms with van der Waals surface area (Å²) < 4.78 is 1.07. The van der Waals surface area contributed by atoms with Gasteiger partial charge >= 0.3 is 5.97 Å². The number of likely N-dealkylation sites (tertiary alicyclic amines) is 1. The molecule has 0 bridgehead atoms. The Kier molecular flexibility index (Phi) is 3.84. The van der Waals surface area contributed by atoms with Gasteiger partial charge in [0.2, 0.25) is 0 Å². The van der Waals surface area contributed by atoms with Gasteiger partial charge in [0, 0.05) is 17.1 Å². The van der Waals surface area contributed by atoms with E-state index >= 15 is 0 Å². The van der Waals surface area contributed by atoms with Crippen LogP contribution in [0, 0.1) is 5.92 Å². The molecule has 1 aliphatic rings. The maximum absolute atomic E-state index is 10.9. The Bertz CT molecular complexity index is 404. The number of benzene rings is 1. The molecule has 0 radical (unpaired) electrons. The molecule has 1 aromatic rings. The third-order valence-corrected chi connectivity index (χ3v) is 4.00. The van der Waals surface area contributed by atoms with Crippen LogP contribution >= 0.6 is 15.9 Å². The van der Waals surface area contributed by atoms with Gasteiger partial charge in [-0.15, -0.1) is 0 Å². The van der Waals surface area contributed by atoms with Gasteiger partial charge in [-0.25, -0.2) is 0 Å². The highest BCUT2D eigenvalue weighted by molar-refractivity contribution is 9.10. The van der Waals surface area contributed by atoms with E-state index in [1.807, 2.05) is 12.1 Å². The van der Waals surface area contributed by atoms with Crippen LogP contribution in [0.5, 0.6) is 0 Å². The molecule has 1 saturated heterocycles. The summed E-state index contributed by atoms with van der Waals surface area (Å²) in [5, 5.41) is 8.99. The fourth-order valence-electron chi connectivity index (χ4n) is 2.29. The lowest BCUT2D eigenvalue weighted by Crippen LogP contribution is -2.26. The molecule has 0 aliphatic carbocycles. The minimum absolute atomic E-state index is 0.201. The van der Waals surface area contributed by atoms with E-state index in [2.05, 4.69) is 39.9 Å². The lowest BCUT2D eigenvalue weighted by molar-refractivity contribution is -0.141. The van der Waals surface area contributed by atoms with Crippen molar-refractivity contribution in [3.63, 3.8) is 0 Å². The second-order valence-electron chi connectivity index (χ2n) is 4.55. The first-order valence-electron chi connectivity index (χ1n) is 5.80. The zero-order valence-corrected chi connectivity index (χ0v) is 11.4. The predicted octanol–water partition coefficient (Wildman–Crippen LogP) is 2.92. The highest BCUT2D eigenvalue weighted by Gasteiger charge is 2.30. The third kappa shape index (κ3) is 2.87. The van der Waals surface area contributed by atoms with Crippen LogP contribution in [0.15, 0.2) is 28.7 Å². The van der Waals surface area contributed by atoms with Crippen LogP contribution in [-0.2, 0) is 4.79 Å². The van der Waals surface area contributed by atoms with E-state index in [0.29, 0.717) is 6.54 Å². The number of halogens is 1. The van der Waals surface area contributed by atoms with Gasteiger partial charge in [0.1, 0.15) is 0 Å². The maximum Gasteiger partial charge on any atom is 0.307 e. The van der Waals surface area contributed by atoms with E-state index in [0.717, 1.165) is 17.4 Å². The molecule has 1 N–H and O–H groups in total. The summed E-state index contributed by atoms with van der Waals surface area (Å²) in [5.74, 6) is -0.872. The molecule has 3 nitrogen and oxygen atoms in total. The molecule has 1 aliphatic heterocycles. The predicted molar refractivity (Wildman–Crippen MR) is 69.9 cm³/mol. The molecule has 0 unspecified atom stereocenters. The molecule has 0 amide bonds. The topological polar surface area (TPSA) is 40.5 Å². The summed E-state index contributed by atoms with van der Waals surface area (Å²) in [7, 11) is 0. The average molecular weight is 298 g/mol. The van der Waals surface area contributed by atoms with Crippen LogP contribution in [0.1, 0.15) is 24.9 Å². The van der Waals surface area contributed by atoms with E-state index in [1.54, 1.807) is 0 Å². The smallest absolute Gasteiger partial charge is 0.307 e. The van der Waals surface area contributed by atoms with Crippen LogP contribution < -0.4 is 0 Å². The highest BCUT2D eigenvalue weighted by Crippen LogP contribution is 2.28. The summed E-state index contributed by atoms with van der Waals surface area (Å²) in [6.45, 7) is 3.66. The van der Waals surface area contributed by atoms with Gasteiger partial charge in [0.15, 0.2) is 0 Å². The number of carbonyl (C=O) groups is 1. The molecule has 2 atom stereocenters. The molecule has 17 heavy (non-hydrogen) atoms. The van der Waals surface area contributed by atoms with Crippen LogP contribution in [0.2, 0.25) is 0 Å². The molecular weight excluding hydrogens is 282 g/mol. The normalized spacial score (nSPS) is 22.6.